The van der Waals surface area contributed by atoms with E-state index in [1.54, 1.807) is 36.4 Å². The van der Waals surface area contributed by atoms with Gasteiger partial charge in [-0.2, -0.15) is 5.26 Å². The molecule has 200 valence electrons. The second kappa shape index (κ2) is 10.8. The molecule has 0 fully saturated rings. The second-order valence-corrected chi connectivity index (χ2v) is 9.24. The Morgan fingerprint density at radius 2 is 1.62 bits per heavy atom. The van der Waals surface area contributed by atoms with Gasteiger partial charge in [0, 0.05) is 6.54 Å². The first-order valence-electron chi connectivity index (χ1n) is 12.6. The number of rotatable bonds is 6. The van der Waals surface area contributed by atoms with Crippen molar-refractivity contribution < 1.29 is 19.1 Å². The molecule has 0 bridgehead atoms. The number of fused-ring (bicyclic) bond motifs is 1. The van der Waals surface area contributed by atoms with E-state index in [-0.39, 0.29) is 22.7 Å². The lowest BCUT2D eigenvalue weighted by atomic mass is 9.81. The van der Waals surface area contributed by atoms with Crippen LogP contribution in [0.5, 0.6) is 0 Å². The number of nitrogens with zero attached hydrogens (tertiary/aromatic N) is 4. The fourth-order valence-electron chi connectivity index (χ4n) is 5.12. The van der Waals surface area contributed by atoms with Gasteiger partial charge in [0.1, 0.15) is 17.3 Å². The molecule has 1 unspecified atom stereocenters. The maximum atomic E-state index is 13.3. The van der Waals surface area contributed by atoms with E-state index in [0.717, 1.165) is 16.9 Å². The van der Waals surface area contributed by atoms with E-state index in [4.69, 9.17) is 20.2 Å². The maximum absolute atomic E-state index is 13.3. The van der Waals surface area contributed by atoms with Crippen LogP contribution in [0.15, 0.2) is 102 Å². The topological polar surface area (TPSA) is 123 Å². The van der Waals surface area contributed by atoms with E-state index in [0.29, 0.717) is 23.3 Å². The monoisotopic (exact) mass is 533 g/mol. The molecule has 0 amide bonds. The zero-order valence-corrected chi connectivity index (χ0v) is 22.3. The van der Waals surface area contributed by atoms with Gasteiger partial charge in [-0.1, -0.05) is 60.7 Å². The molecule has 2 N–H and O–H groups in total. The molecular weight excluding hydrogens is 506 g/mol. The van der Waals surface area contributed by atoms with E-state index < -0.39 is 17.9 Å². The third-order valence-corrected chi connectivity index (χ3v) is 6.97. The van der Waals surface area contributed by atoms with E-state index in [1.165, 1.54) is 19.1 Å². The Kier molecular flexibility index (Phi) is 7.08. The molecule has 2 heterocycles. The Balaban J connectivity index is 1.72. The predicted molar refractivity (Wildman–Crippen MR) is 150 cm³/mol. The van der Waals surface area contributed by atoms with Crippen molar-refractivity contribution in [2.45, 2.75) is 19.4 Å². The van der Waals surface area contributed by atoms with Gasteiger partial charge in [0.05, 0.1) is 54.1 Å². The van der Waals surface area contributed by atoms with Gasteiger partial charge in [-0.25, -0.2) is 14.6 Å². The lowest BCUT2D eigenvalue weighted by molar-refractivity contribution is -0.139. The number of aromatic nitrogens is 2. The van der Waals surface area contributed by atoms with Crippen LogP contribution in [0, 0.1) is 18.3 Å². The summed E-state index contributed by atoms with van der Waals surface area (Å²) in [6.07, 6.45) is 0. The SMILES string of the molecule is COC(=O)C1=C(C(=O)OC)N(c2ccc3c(c2)nc(C)n3Cc2ccccc2)C(N)=C(C#N)C1c1ccccc1. The zero-order valence-electron chi connectivity index (χ0n) is 22.3. The Hall–Kier alpha value is -5.36. The maximum Gasteiger partial charge on any atom is 0.355 e. The summed E-state index contributed by atoms with van der Waals surface area (Å²) in [6, 6.07) is 26.5. The number of imidazole rings is 1. The Bertz CT molecular complexity index is 1720. The van der Waals surface area contributed by atoms with Crippen LogP contribution >= 0.6 is 0 Å². The first-order valence-corrected chi connectivity index (χ1v) is 12.6. The summed E-state index contributed by atoms with van der Waals surface area (Å²) in [5.74, 6) is -1.70. The third-order valence-electron chi connectivity index (χ3n) is 6.97. The van der Waals surface area contributed by atoms with Crippen LogP contribution in [-0.2, 0) is 25.6 Å². The summed E-state index contributed by atoms with van der Waals surface area (Å²) in [6.45, 7) is 2.55. The number of nitriles is 1. The van der Waals surface area contributed by atoms with Crippen molar-refractivity contribution in [3.63, 3.8) is 0 Å². The highest BCUT2D eigenvalue weighted by molar-refractivity contribution is 6.06. The Labute approximate surface area is 231 Å². The largest absolute Gasteiger partial charge is 0.466 e. The van der Waals surface area contributed by atoms with E-state index >= 15 is 0 Å². The van der Waals surface area contributed by atoms with Crippen molar-refractivity contribution in [2.24, 2.45) is 5.73 Å². The summed E-state index contributed by atoms with van der Waals surface area (Å²) in [5.41, 5.74) is 10.3. The van der Waals surface area contributed by atoms with Gasteiger partial charge in [0.25, 0.3) is 0 Å². The van der Waals surface area contributed by atoms with Crippen molar-refractivity contribution in [3.05, 3.63) is 118 Å². The van der Waals surface area contributed by atoms with Crippen LogP contribution in [0.4, 0.5) is 5.69 Å². The summed E-state index contributed by atoms with van der Waals surface area (Å²) in [5, 5.41) is 10.2. The third kappa shape index (κ3) is 4.46. The summed E-state index contributed by atoms with van der Waals surface area (Å²) in [7, 11) is 2.44. The molecule has 40 heavy (non-hydrogen) atoms. The first-order chi connectivity index (χ1) is 19.4. The van der Waals surface area contributed by atoms with E-state index in [1.807, 2.05) is 49.4 Å². The standard InChI is InChI=1S/C31H27N5O4/c1-19-34-24-16-22(14-15-25(24)35(19)18-20-10-6-4-7-11-20)36-28(31(38)40-3)27(30(37)39-2)26(23(17-32)29(36)33)21-12-8-5-9-13-21/h4-16,26H,18,33H2,1-3H3. The molecule has 4 aromatic rings. The molecule has 5 rings (SSSR count). The number of methoxy groups -OCH3 is 2. The van der Waals surface area contributed by atoms with Gasteiger partial charge in [0.15, 0.2) is 0 Å². The highest BCUT2D eigenvalue weighted by Crippen LogP contribution is 2.43. The highest BCUT2D eigenvalue weighted by Gasteiger charge is 2.43. The number of hydrogen-bond donors (Lipinski definition) is 1. The van der Waals surface area contributed by atoms with Crippen LogP contribution in [0.2, 0.25) is 0 Å². The summed E-state index contributed by atoms with van der Waals surface area (Å²) in [4.78, 5) is 32.7. The van der Waals surface area contributed by atoms with E-state index in [9.17, 15) is 14.9 Å². The molecule has 9 nitrogen and oxygen atoms in total. The number of allylic oxidation sites excluding steroid dienone is 1. The first kappa shape index (κ1) is 26.3. The molecule has 1 aromatic heterocycles. The number of nitrogens with two attached hydrogens (primary N) is 1. The minimum atomic E-state index is -0.931. The smallest absolute Gasteiger partial charge is 0.355 e. The zero-order chi connectivity index (χ0) is 28.4. The van der Waals surface area contributed by atoms with Crippen molar-refractivity contribution in [1.29, 1.82) is 5.26 Å². The molecule has 0 aliphatic carbocycles. The fraction of sp³-hybridized carbons (Fsp3) is 0.161. The minimum absolute atomic E-state index is 0.00389. The number of ether oxygens (including phenoxy) is 2. The number of benzene rings is 3. The molecule has 3 aromatic carbocycles. The molecule has 1 atom stereocenters. The van der Waals surface area contributed by atoms with Gasteiger partial charge in [-0.3, -0.25) is 4.90 Å². The minimum Gasteiger partial charge on any atom is -0.466 e. The number of anilines is 1. The average molecular weight is 534 g/mol. The number of hydrogen-bond acceptors (Lipinski definition) is 8. The van der Waals surface area contributed by atoms with Crippen molar-refractivity contribution in [1.82, 2.24) is 9.55 Å². The average Bonchev–Trinajstić information content (AvgIpc) is 3.30. The predicted octanol–water partition coefficient (Wildman–Crippen LogP) is 4.29. The molecule has 0 saturated carbocycles. The second-order valence-electron chi connectivity index (χ2n) is 9.24. The van der Waals surface area contributed by atoms with Crippen molar-refractivity contribution in [2.75, 3.05) is 19.1 Å². The normalized spacial score (nSPS) is 15.2. The van der Waals surface area contributed by atoms with Crippen molar-refractivity contribution in [3.8, 4) is 6.07 Å². The summed E-state index contributed by atoms with van der Waals surface area (Å²) >= 11 is 0. The molecular formula is C31H27N5O4. The number of carbonyl (C=O) groups excluding carboxylic acids is 2. The van der Waals surface area contributed by atoms with Gasteiger partial charge in [0.2, 0.25) is 0 Å². The quantitative estimate of drug-likeness (QED) is 0.364. The van der Waals surface area contributed by atoms with Gasteiger partial charge >= 0.3 is 11.9 Å². The Morgan fingerprint density at radius 3 is 2.25 bits per heavy atom. The number of carbonyl (C=O) groups is 2. The molecule has 0 saturated heterocycles. The Morgan fingerprint density at radius 1 is 0.975 bits per heavy atom. The van der Waals surface area contributed by atoms with Gasteiger partial charge in [-0.05, 0) is 36.2 Å². The fourth-order valence-corrected chi connectivity index (χ4v) is 5.12. The molecule has 1 aliphatic rings. The van der Waals surface area contributed by atoms with E-state index in [2.05, 4.69) is 10.6 Å². The molecule has 9 heteroatoms. The lowest BCUT2D eigenvalue weighted by Gasteiger charge is -2.35. The number of aryl methyl sites for hydroxylation is 1. The van der Waals surface area contributed by atoms with Gasteiger partial charge < -0.3 is 19.8 Å². The van der Waals surface area contributed by atoms with Crippen LogP contribution in [0.3, 0.4) is 0 Å². The van der Waals surface area contributed by atoms with Crippen molar-refractivity contribution >= 4 is 28.7 Å². The van der Waals surface area contributed by atoms with Crippen LogP contribution < -0.4 is 10.6 Å². The lowest BCUT2D eigenvalue weighted by Crippen LogP contribution is -2.40. The summed E-state index contributed by atoms with van der Waals surface area (Å²) < 4.78 is 12.3. The molecule has 0 radical (unpaired) electrons. The highest BCUT2D eigenvalue weighted by atomic mass is 16.5. The van der Waals surface area contributed by atoms with Gasteiger partial charge in [-0.15, -0.1) is 0 Å². The van der Waals surface area contributed by atoms with Crippen LogP contribution in [0.25, 0.3) is 11.0 Å². The number of esters is 2. The molecule has 0 spiro atoms. The van der Waals surface area contributed by atoms with Crippen LogP contribution in [0.1, 0.15) is 22.9 Å². The van der Waals surface area contributed by atoms with Crippen LogP contribution in [-0.4, -0.2) is 35.7 Å². The molecule has 1 aliphatic heterocycles.